The van der Waals surface area contributed by atoms with Crippen LogP contribution < -0.4 is 5.32 Å². The molecule has 0 radical (unpaired) electrons. The maximum atomic E-state index is 12.7. The summed E-state index contributed by atoms with van der Waals surface area (Å²) in [5, 5.41) is 3.18. The molecule has 2 atom stereocenters. The Kier molecular flexibility index (Phi) is 6.68. The summed E-state index contributed by atoms with van der Waals surface area (Å²) in [4.78, 5) is 15.2. The SMILES string of the molecule is CC[C@H](NC(=O)c1ccc(CN2CCC[C@@H](C)C2)cc1)c1ccc(C)cc1. The predicted octanol–water partition coefficient (Wildman–Crippen LogP) is 5.11. The summed E-state index contributed by atoms with van der Waals surface area (Å²) in [6.45, 7) is 9.85. The zero-order chi connectivity index (χ0) is 19.2. The number of hydrogen-bond donors (Lipinski definition) is 1. The highest BCUT2D eigenvalue weighted by Gasteiger charge is 2.17. The number of carbonyl (C=O) groups excluding carboxylic acids is 1. The summed E-state index contributed by atoms with van der Waals surface area (Å²) >= 11 is 0. The zero-order valence-corrected chi connectivity index (χ0v) is 16.9. The fourth-order valence-corrected chi connectivity index (χ4v) is 3.91. The molecule has 0 aliphatic carbocycles. The number of hydrogen-bond acceptors (Lipinski definition) is 2. The van der Waals surface area contributed by atoms with Crippen molar-refractivity contribution in [3.8, 4) is 0 Å². The van der Waals surface area contributed by atoms with Crippen LogP contribution in [0.25, 0.3) is 0 Å². The van der Waals surface area contributed by atoms with Gasteiger partial charge in [0.2, 0.25) is 0 Å². The topological polar surface area (TPSA) is 32.3 Å². The Labute approximate surface area is 163 Å². The van der Waals surface area contributed by atoms with E-state index in [4.69, 9.17) is 0 Å². The summed E-state index contributed by atoms with van der Waals surface area (Å²) in [7, 11) is 0. The lowest BCUT2D eigenvalue weighted by atomic mass is 9.99. The summed E-state index contributed by atoms with van der Waals surface area (Å²) in [6, 6.07) is 16.6. The minimum atomic E-state index is 0.000528. The van der Waals surface area contributed by atoms with E-state index in [0.29, 0.717) is 0 Å². The molecule has 0 unspecified atom stereocenters. The predicted molar refractivity (Wildman–Crippen MR) is 112 cm³/mol. The Hall–Kier alpha value is -2.13. The van der Waals surface area contributed by atoms with Crippen molar-refractivity contribution < 1.29 is 4.79 Å². The van der Waals surface area contributed by atoms with E-state index in [9.17, 15) is 4.79 Å². The average Bonchev–Trinajstić information content (AvgIpc) is 2.67. The van der Waals surface area contributed by atoms with Gasteiger partial charge in [0.1, 0.15) is 0 Å². The van der Waals surface area contributed by atoms with Gasteiger partial charge in [-0.15, -0.1) is 0 Å². The van der Waals surface area contributed by atoms with E-state index in [-0.39, 0.29) is 11.9 Å². The molecule has 144 valence electrons. The number of nitrogens with zero attached hydrogens (tertiary/aromatic N) is 1. The Morgan fingerprint density at radius 3 is 2.48 bits per heavy atom. The van der Waals surface area contributed by atoms with Crippen LogP contribution in [-0.4, -0.2) is 23.9 Å². The molecule has 1 fully saturated rings. The first-order valence-corrected chi connectivity index (χ1v) is 10.2. The van der Waals surface area contributed by atoms with Crippen LogP contribution in [0.1, 0.15) is 66.2 Å². The molecule has 3 rings (SSSR count). The highest BCUT2D eigenvalue weighted by atomic mass is 16.1. The maximum absolute atomic E-state index is 12.7. The Morgan fingerprint density at radius 2 is 1.85 bits per heavy atom. The largest absolute Gasteiger partial charge is 0.345 e. The van der Waals surface area contributed by atoms with E-state index in [1.165, 1.54) is 37.1 Å². The molecule has 3 heteroatoms. The summed E-state index contributed by atoms with van der Waals surface area (Å²) < 4.78 is 0. The first-order valence-electron chi connectivity index (χ1n) is 10.2. The number of rotatable bonds is 6. The van der Waals surface area contributed by atoms with Gasteiger partial charge in [0.25, 0.3) is 5.91 Å². The molecule has 0 saturated carbocycles. The van der Waals surface area contributed by atoms with Crippen molar-refractivity contribution in [3.63, 3.8) is 0 Å². The molecular weight excluding hydrogens is 332 g/mol. The maximum Gasteiger partial charge on any atom is 0.251 e. The minimum absolute atomic E-state index is 0.000528. The molecule has 2 aromatic carbocycles. The molecular formula is C24H32N2O. The van der Waals surface area contributed by atoms with Gasteiger partial charge in [-0.3, -0.25) is 9.69 Å². The van der Waals surface area contributed by atoms with E-state index < -0.39 is 0 Å². The van der Waals surface area contributed by atoms with Gasteiger partial charge in [-0.25, -0.2) is 0 Å². The van der Waals surface area contributed by atoms with E-state index in [2.05, 4.69) is 67.4 Å². The molecule has 27 heavy (non-hydrogen) atoms. The van der Waals surface area contributed by atoms with Gasteiger partial charge >= 0.3 is 0 Å². The zero-order valence-electron chi connectivity index (χ0n) is 16.9. The van der Waals surface area contributed by atoms with Gasteiger partial charge < -0.3 is 5.32 Å². The van der Waals surface area contributed by atoms with Crippen LogP contribution in [0, 0.1) is 12.8 Å². The number of amides is 1. The fraction of sp³-hybridized carbons (Fsp3) is 0.458. The van der Waals surface area contributed by atoms with Crippen molar-refractivity contribution in [1.82, 2.24) is 10.2 Å². The molecule has 0 spiro atoms. The van der Waals surface area contributed by atoms with Crippen molar-refractivity contribution in [2.24, 2.45) is 5.92 Å². The first-order chi connectivity index (χ1) is 13.0. The monoisotopic (exact) mass is 364 g/mol. The third-order valence-corrected chi connectivity index (χ3v) is 5.56. The molecule has 1 amide bonds. The van der Waals surface area contributed by atoms with Gasteiger partial charge in [-0.2, -0.15) is 0 Å². The van der Waals surface area contributed by atoms with Crippen LogP contribution in [0.2, 0.25) is 0 Å². The van der Waals surface area contributed by atoms with Crippen LogP contribution in [0.5, 0.6) is 0 Å². The number of likely N-dealkylation sites (tertiary alicyclic amines) is 1. The van der Waals surface area contributed by atoms with Crippen molar-refractivity contribution in [2.45, 2.75) is 52.6 Å². The molecule has 1 heterocycles. The van der Waals surface area contributed by atoms with Crippen LogP contribution in [0.3, 0.4) is 0 Å². The van der Waals surface area contributed by atoms with Gasteiger partial charge in [-0.05, 0) is 61.9 Å². The van der Waals surface area contributed by atoms with Gasteiger partial charge in [-0.1, -0.05) is 55.8 Å². The number of benzene rings is 2. The molecule has 2 aromatic rings. The van der Waals surface area contributed by atoms with E-state index >= 15 is 0 Å². The van der Waals surface area contributed by atoms with Crippen LogP contribution >= 0.6 is 0 Å². The number of nitrogens with one attached hydrogen (secondary N) is 1. The van der Waals surface area contributed by atoms with E-state index in [1.54, 1.807) is 0 Å². The van der Waals surface area contributed by atoms with Crippen LogP contribution in [-0.2, 0) is 6.54 Å². The third-order valence-electron chi connectivity index (χ3n) is 5.56. The highest BCUT2D eigenvalue weighted by Crippen LogP contribution is 2.20. The van der Waals surface area contributed by atoms with Crippen molar-refractivity contribution in [2.75, 3.05) is 13.1 Å². The number of aryl methyl sites for hydroxylation is 1. The lowest BCUT2D eigenvalue weighted by Gasteiger charge is -2.30. The Morgan fingerprint density at radius 1 is 1.15 bits per heavy atom. The molecule has 0 bridgehead atoms. The van der Waals surface area contributed by atoms with Crippen molar-refractivity contribution in [1.29, 1.82) is 0 Å². The average molecular weight is 365 g/mol. The summed E-state index contributed by atoms with van der Waals surface area (Å²) in [5.74, 6) is 0.789. The normalized spacial score (nSPS) is 18.9. The second-order valence-electron chi connectivity index (χ2n) is 8.02. The standard InChI is InChI=1S/C24H32N2O/c1-4-23(21-11-7-18(2)8-12-21)25-24(27)22-13-9-20(10-14-22)17-26-15-5-6-19(3)16-26/h7-14,19,23H,4-6,15-17H2,1-3H3,(H,25,27)/t19-,23+/m1/s1. The van der Waals surface area contributed by atoms with E-state index in [0.717, 1.165) is 30.0 Å². The number of piperidine rings is 1. The molecule has 3 nitrogen and oxygen atoms in total. The Bertz CT molecular complexity index is 736. The quantitative estimate of drug-likeness (QED) is 0.773. The molecule has 0 aromatic heterocycles. The summed E-state index contributed by atoms with van der Waals surface area (Å²) in [6.07, 6.45) is 3.51. The fourth-order valence-electron chi connectivity index (χ4n) is 3.91. The highest BCUT2D eigenvalue weighted by molar-refractivity contribution is 5.94. The second-order valence-corrected chi connectivity index (χ2v) is 8.02. The lowest BCUT2D eigenvalue weighted by molar-refractivity contribution is 0.0935. The smallest absolute Gasteiger partial charge is 0.251 e. The van der Waals surface area contributed by atoms with Crippen molar-refractivity contribution in [3.05, 3.63) is 70.8 Å². The number of carbonyl (C=O) groups is 1. The van der Waals surface area contributed by atoms with Gasteiger partial charge in [0.15, 0.2) is 0 Å². The van der Waals surface area contributed by atoms with Crippen molar-refractivity contribution >= 4 is 5.91 Å². The molecule has 1 aliphatic heterocycles. The lowest BCUT2D eigenvalue weighted by Crippen LogP contribution is -2.33. The van der Waals surface area contributed by atoms with Crippen LogP contribution in [0.4, 0.5) is 0 Å². The Balaban J connectivity index is 1.60. The third kappa shape index (κ3) is 5.43. The van der Waals surface area contributed by atoms with E-state index in [1.807, 2.05) is 12.1 Å². The minimum Gasteiger partial charge on any atom is -0.345 e. The van der Waals surface area contributed by atoms with Gasteiger partial charge in [0.05, 0.1) is 6.04 Å². The first kappa shape index (κ1) is 19.6. The molecule has 1 N–H and O–H groups in total. The second kappa shape index (κ2) is 9.18. The van der Waals surface area contributed by atoms with Gasteiger partial charge in [0, 0.05) is 18.7 Å². The van der Waals surface area contributed by atoms with Crippen LogP contribution in [0.15, 0.2) is 48.5 Å². The summed E-state index contributed by atoms with van der Waals surface area (Å²) in [5.41, 5.74) is 4.41. The molecule has 1 aliphatic rings. The molecule has 1 saturated heterocycles.